The molecule has 0 aromatic carbocycles. The van der Waals surface area contributed by atoms with Crippen LogP contribution in [0, 0.1) is 0 Å². The number of hydrogen-bond donors (Lipinski definition) is 1. The largest absolute Gasteiger partial charge is 0.463 e. The topological polar surface area (TPSA) is 157 Å². The van der Waals surface area contributed by atoms with Crippen molar-refractivity contribution in [3.63, 3.8) is 0 Å². The monoisotopic (exact) mass is 409 g/mol. The number of nitrogens with one attached hydrogen (secondary N) is 1. The fraction of sp³-hybridized carbons (Fsp3) is 0.500. The molecule has 0 bridgehead atoms. The quantitative estimate of drug-likeness (QED) is 0.558. The molecule has 1 aliphatic rings. The van der Waals surface area contributed by atoms with Crippen LogP contribution in [0.4, 0.5) is 0 Å². The van der Waals surface area contributed by atoms with Gasteiger partial charge in [-0.2, -0.15) is 0 Å². The van der Waals surface area contributed by atoms with E-state index in [0.29, 0.717) is 0 Å². The first-order valence-electron chi connectivity index (χ1n) is 8.53. The number of methoxy groups -OCH3 is 1. The summed E-state index contributed by atoms with van der Waals surface area (Å²) in [5.41, 5.74) is -1.40. The van der Waals surface area contributed by atoms with Gasteiger partial charge in [0.2, 0.25) is 0 Å². The number of aromatic amines is 1. The number of H-pyrrole nitrogens is 1. The maximum Gasteiger partial charge on any atom is 0.339 e. The number of carbonyl (C=O) groups is 2. The molecular weight excluding hydrogens is 390 g/mol. The highest BCUT2D eigenvalue weighted by molar-refractivity contribution is 5.66. The summed E-state index contributed by atoms with van der Waals surface area (Å²) in [7, 11) is 1.35. The van der Waals surface area contributed by atoms with Crippen LogP contribution in [0.1, 0.15) is 20.1 Å². The number of ether oxygens (including phenoxy) is 4. The van der Waals surface area contributed by atoms with Gasteiger partial charge in [0, 0.05) is 33.2 Å². The first kappa shape index (κ1) is 20.4. The molecule has 0 spiro atoms. The number of aromatic nitrogens is 5. The smallest absolute Gasteiger partial charge is 0.339 e. The van der Waals surface area contributed by atoms with Crippen LogP contribution in [0.25, 0.3) is 5.82 Å². The van der Waals surface area contributed by atoms with E-state index in [1.165, 1.54) is 33.4 Å². The minimum atomic E-state index is -1.07. The molecule has 1 fully saturated rings. The Kier molecular flexibility index (Phi) is 5.89. The lowest BCUT2D eigenvalue weighted by molar-refractivity contribution is -0.157. The van der Waals surface area contributed by atoms with Gasteiger partial charge >= 0.3 is 17.6 Å². The summed E-state index contributed by atoms with van der Waals surface area (Å²) in [6, 6.07) is 1.15. The van der Waals surface area contributed by atoms with Gasteiger partial charge < -0.3 is 18.9 Å². The molecule has 0 radical (unpaired) electrons. The van der Waals surface area contributed by atoms with Crippen molar-refractivity contribution >= 4 is 11.9 Å². The number of carbonyl (C=O) groups excluding carboxylic acids is 2. The molecule has 3 rings (SSSR count). The summed E-state index contributed by atoms with van der Waals surface area (Å²) in [5, 5.41) is 9.59. The van der Waals surface area contributed by atoms with Crippen LogP contribution in [0.2, 0.25) is 0 Å². The van der Waals surface area contributed by atoms with Crippen LogP contribution in [0.5, 0.6) is 0 Å². The molecule has 2 aromatic rings. The van der Waals surface area contributed by atoms with Crippen LogP contribution in [0.15, 0.2) is 28.0 Å². The van der Waals surface area contributed by atoms with Crippen molar-refractivity contribution in [3.05, 3.63) is 39.3 Å². The summed E-state index contributed by atoms with van der Waals surface area (Å²) in [6.07, 6.45) is -1.33. The fourth-order valence-electron chi connectivity index (χ4n) is 3.05. The van der Waals surface area contributed by atoms with Gasteiger partial charge in [0.1, 0.15) is 18.8 Å². The Hall–Kier alpha value is -3.32. The molecule has 13 heteroatoms. The molecule has 2 aromatic heterocycles. The predicted octanol–water partition coefficient (Wildman–Crippen LogP) is -1.48. The van der Waals surface area contributed by atoms with Gasteiger partial charge in [-0.3, -0.25) is 24.0 Å². The van der Waals surface area contributed by atoms with Crippen molar-refractivity contribution in [2.45, 2.75) is 38.4 Å². The number of rotatable bonds is 6. The van der Waals surface area contributed by atoms with E-state index in [-0.39, 0.29) is 12.4 Å². The Morgan fingerprint density at radius 1 is 1.24 bits per heavy atom. The lowest BCUT2D eigenvalue weighted by atomic mass is 10.1. The molecule has 3 heterocycles. The van der Waals surface area contributed by atoms with Crippen LogP contribution in [-0.4, -0.2) is 68.5 Å². The molecule has 0 aliphatic carbocycles. The lowest BCUT2D eigenvalue weighted by Crippen LogP contribution is -2.43. The van der Waals surface area contributed by atoms with E-state index in [1.807, 2.05) is 0 Å². The predicted molar refractivity (Wildman–Crippen MR) is 93.1 cm³/mol. The third kappa shape index (κ3) is 4.09. The van der Waals surface area contributed by atoms with Crippen molar-refractivity contribution in [1.29, 1.82) is 0 Å². The van der Waals surface area contributed by atoms with E-state index in [0.717, 1.165) is 15.2 Å². The number of hydrogen-bond acceptors (Lipinski definition) is 10. The van der Waals surface area contributed by atoms with E-state index in [4.69, 9.17) is 18.9 Å². The Labute approximate surface area is 163 Å². The molecule has 4 atom stereocenters. The van der Waals surface area contributed by atoms with Gasteiger partial charge in [-0.25, -0.2) is 9.36 Å². The van der Waals surface area contributed by atoms with E-state index in [2.05, 4.69) is 15.4 Å². The average molecular weight is 409 g/mol. The molecule has 1 N–H and O–H groups in total. The standard InChI is InChI=1S/C16H19N5O8/c1-8(22)27-7-10-13(28-9(2)23)14(26-3)15(29-10)20-5-4-12(24)21(16(20)25)11-6-17-19-18-11/h4-6,10,13-15H,7H2,1-3H3,(H,17,18,19)/t10-,13-,14+,15-/m1/s1. The van der Waals surface area contributed by atoms with E-state index < -0.39 is 47.7 Å². The average Bonchev–Trinajstić information content (AvgIpc) is 3.28. The Morgan fingerprint density at radius 2 is 2.00 bits per heavy atom. The van der Waals surface area contributed by atoms with Gasteiger partial charge in [0.25, 0.3) is 5.56 Å². The Morgan fingerprint density at radius 3 is 2.59 bits per heavy atom. The van der Waals surface area contributed by atoms with Crippen LogP contribution >= 0.6 is 0 Å². The third-order valence-corrected chi connectivity index (χ3v) is 4.23. The highest BCUT2D eigenvalue weighted by Gasteiger charge is 2.49. The zero-order valence-electron chi connectivity index (χ0n) is 15.8. The fourth-order valence-corrected chi connectivity index (χ4v) is 3.05. The Balaban J connectivity index is 2.02. The first-order chi connectivity index (χ1) is 13.8. The molecule has 0 unspecified atom stereocenters. The van der Waals surface area contributed by atoms with Crippen LogP contribution < -0.4 is 11.2 Å². The molecule has 0 amide bonds. The minimum absolute atomic E-state index is 0.00527. The van der Waals surface area contributed by atoms with E-state index in [9.17, 15) is 19.2 Å². The van der Waals surface area contributed by atoms with E-state index >= 15 is 0 Å². The van der Waals surface area contributed by atoms with Gasteiger partial charge in [0.15, 0.2) is 18.1 Å². The van der Waals surface area contributed by atoms with Gasteiger partial charge in [0.05, 0.1) is 6.20 Å². The molecule has 1 saturated heterocycles. The van der Waals surface area contributed by atoms with Gasteiger partial charge in [-0.1, -0.05) is 5.21 Å². The van der Waals surface area contributed by atoms with Crippen molar-refractivity contribution in [3.8, 4) is 5.82 Å². The molecule has 1 aliphatic heterocycles. The summed E-state index contributed by atoms with van der Waals surface area (Å²) in [6.45, 7) is 2.21. The molecular formula is C16H19N5O8. The van der Waals surface area contributed by atoms with Crippen LogP contribution in [-0.2, 0) is 28.5 Å². The highest BCUT2D eigenvalue weighted by Crippen LogP contribution is 2.33. The van der Waals surface area contributed by atoms with Gasteiger partial charge in [-0.05, 0) is 0 Å². The number of nitrogens with zero attached hydrogens (tertiary/aromatic N) is 4. The maximum absolute atomic E-state index is 13.0. The van der Waals surface area contributed by atoms with Crippen molar-refractivity contribution in [1.82, 2.24) is 24.5 Å². The maximum atomic E-state index is 13.0. The second-order valence-electron chi connectivity index (χ2n) is 6.15. The molecule has 29 heavy (non-hydrogen) atoms. The van der Waals surface area contributed by atoms with Crippen molar-refractivity contribution < 1.29 is 28.5 Å². The third-order valence-electron chi connectivity index (χ3n) is 4.23. The molecule has 13 nitrogen and oxygen atoms in total. The highest BCUT2D eigenvalue weighted by atomic mass is 16.6. The summed E-state index contributed by atoms with van der Waals surface area (Å²) in [5.74, 6) is -1.16. The first-order valence-corrected chi connectivity index (χ1v) is 8.53. The second-order valence-corrected chi connectivity index (χ2v) is 6.15. The van der Waals surface area contributed by atoms with Crippen molar-refractivity contribution in [2.24, 2.45) is 0 Å². The lowest BCUT2D eigenvalue weighted by Gasteiger charge is -2.23. The van der Waals surface area contributed by atoms with Crippen LogP contribution in [0.3, 0.4) is 0 Å². The molecule has 0 saturated carbocycles. The number of esters is 2. The summed E-state index contributed by atoms with van der Waals surface area (Å²) < 4.78 is 23.4. The van der Waals surface area contributed by atoms with E-state index in [1.54, 1.807) is 0 Å². The Bertz CT molecular complexity index is 997. The second kappa shape index (κ2) is 8.36. The zero-order valence-corrected chi connectivity index (χ0v) is 15.8. The molecule has 156 valence electrons. The summed E-state index contributed by atoms with van der Waals surface area (Å²) >= 11 is 0. The minimum Gasteiger partial charge on any atom is -0.463 e. The normalized spacial score (nSPS) is 23.7. The SMILES string of the molecule is CO[C@H]1[C@H](OC(C)=O)[C@@H](COC(C)=O)O[C@H]1n1ccc(=O)n(-c2c[nH]nn2)c1=O. The summed E-state index contributed by atoms with van der Waals surface area (Å²) in [4.78, 5) is 47.8. The zero-order chi connectivity index (χ0) is 21.1. The van der Waals surface area contributed by atoms with Crippen molar-refractivity contribution in [2.75, 3.05) is 13.7 Å². The van der Waals surface area contributed by atoms with Gasteiger partial charge in [-0.15, -0.1) is 5.10 Å².